The summed E-state index contributed by atoms with van der Waals surface area (Å²) in [6, 6.07) is 0. The Balaban J connectivity index is 2.24. The van der Waals surface area contributed by atoms with Crippen LogP contribution in [-0.4, -0.2) is 55.2 Å². The van der Waals surface area contributed by atoms with E-state index in [1.54, 1.807) is 0 Å². The molecule has 1 aliphatic heterocycles. The summed E-state index contributed by atoms with van der Waals surface area (Å²) in [5.74, 6) is 1.52. The second-order valence-corrected chi connectivity index (χ2v) is 7.45. The zero-order valence-corrected chi connectivity index (χ0v) is 15.6. The molecule has 0 unspecified atom stereocenters. The molecule has 0 aliphatic carbocycles. The Morgan fingerprint density at radius 2 is 1.96 bits per heavy atom. The third kappa shape index (κ3) is 5.15. The number of hydrogen-bond acceptors (Lipinski definition) is 7. The molecule has 2 atom stereocenters. The van der Waals surface area contributed by atoms with E-state index in [4.69, 9.17) is 5.73 Å². The van der Waals surface area contributed by atoms with E-state index in [1.165, 1.54) is 4.90 Å². The Kier molecular flexibility index (Phi) is 6.35. The van der Waals surface area contributed by atoms with Gasteiger partial charge in [0.05, 0.1) is 25.6 Å². The topological polar surface area (TPSA) is 115 Å². The zero-order valence-electron chi connectivity index (χ0n) is 15.6. The maximum absolute atomic E-state index is 11.5. The van der Waals surface area contributed by atoms with Gasteiger partial charge in [-0.25, -0.2) is 0 Å². The molecule has 0 saturated carbocycles. The maximum atomic E-state index is 11.5. The van der Waals surface area contributed by atoms with Crippen LogP contribution >= 0.6 is 0 Å². The van der Waals surface area contributed by atoms with E-state index < -0.39 is 4.92 Å². The van der Waals surface area contributed by atoms with E-state index in [0.717, 1.165) is 32.5 Å². The standard InChI is InChI=1S/C16H29N7O2/c1-11-8-12(2)10-22(9-11)15-13(23(24)25)14(17)19-16(20-15)18-6-5-7-21(3)4/h11-12H,5-10H2,1-4H3,(H3,17,18,19,20)/p+1/t11-,12-/m0/s1. The Labute approximate surface area is 148 Å². The van der Waals surface area contributed by atoms with Crippen molar-refractivity contribution in [3.8, 4) is 0 Å². The third-order valence-corrected chi connectivity index (χ3v) is 4.38. The molecule has 9 nitrogen and oxygen atoms in total. The van der Waals surface area contributed by atoms with Gasteiger partial charge in [0.1, 0.15) is 0 Å². The minimum absolute atomic E-state index is 0.0818. The molecule has 2 rings (SSSR count). The molecule has 1 aromatic rings. The summed E-state index contributed by atoms with van der Waals surface area (Å²) in [4.78, 5) is 22.9. The lowest BCUT2D eigenvalue weighted by Crippen LogP contribution is -3.05. The average Bonchev–Trinajstić information content (AvgIpc) is 2.49. The van der Waals surface area contributed by atoms with Crippen molar-refractivity contribution >= 4 is 23.3 Å². The average molecular weight is 352 g/mol. The number of nitro groups is 1. The van der Waals surface area contributed by atoms with Gasteiger partial charge in [-0.3, -0.25) is 10.1 Å². The van der Waals surface area contributed by atoms with Crippen LogP contribution in [0.25, 0.3) is 0 Å². The van der Waals surface area contributed by atoms with Crippen molar-refractivity contribution in [3.63, 3.8) is 0 Å². The Hall–Kier alpha value is -2.16. The summed E-state index contributed by atoms with van der Waals surface area (Å²) in [6.45, 7) is 7.51. The fourth-order valence-electron chi connectivity index (χ4n) is 3.41. The van der Waals surface area contributed by atoms with Crippen molar-refractivity contribution in [1.29, 1.82) is 0 Å². The largest absolute Gasteiger partial charge is 0.378 e. The highest BCUT2D eigenvalue weighted by molar-refractivity contribution is 5.71. The summed E-state index contributed by atoms with van der Waals surface area (Å²) in [5, 5.41) is 14.6. The normalized spacial score (nSPS) is 20.8. The lowest BCUT2D eigenvalue weighted by Gasteiger charge is -2.35. The number of nitrogen functional groups attached to an aromatic ring is 1. The molecule has 1 fully saturated rings. The second-order valence-electron chi connectivity index (χ2n) is 7.45. The van der Waals surface area contributed by atoms with Crippen LogP contribution in [0, 0.1) is 22.0 Å². The number of anilines is 3. The van der Waals surface area contributed by atoms with Crippen LogP contribution in [0.5, 0.6) is 0 Å². The number of quaternary nitrogens is 1. The zero-order chi connectivity index (χ0) is 18.6. The van der Waals surface area contributed by atoms with Crippen LogP contribution in [0.4, 0.5) is 23.3 Å². The predicted octanol–water partition coefficient (Wildman–Crippen LogP) is 0.396. The predicted molar refractivity (Wildman–Crippen MR) is 99.0 cm³/mol. The third-order valence-electron chi connectivity index (χ3n) is 4.38. The number of piperidine rings is 1. The molecule has 9 heteroatoms. The SMILES string of the molecule is C[C@H]1C[C@H](C)CN(c2nc(NCCC[NH+](C)C)nc(N)c2[N+](=O)[O-])C1. The minimum Gasteiger partial charge on any atom is -0.378 e. The monoisotopic (exact) mass is 352 g/mol. The van der Waals surface area contributed by atoms with Gasteiger partial charge in [0, 0.05) is 26.1 Å². The smallest absolute Gasteiger partial charge is 0.353 e. The first kappa shape index (κ1) is 19.2. The van der Waals surface area contributed by atoms with Gasteiger partial charge >= 0.3 is 5.69 Å². The van der Waals surface area contributed by atoms with E-state index >= 15 is 0 Å². The number of rotatable bonds is 7. The molecule has 1 aromatic heterocycles. The van der Waals surface area contributed by atoms with Gasteiger partial charge in [-0.1, -0.05) is 13.8 Å². The summed E-state index contributed by atoms with van der Waals surface area (Å²) in [7, 11) is 4.19. The molecular weight excluding hydrogens is 322 g/mol. The van der Waals surface area contributed by atoms with Gasteiger partial charge in [-0.05, 0) is 18.3 Å². The van der Waals surface area contributed by atoms with Gasteiger partial charge in [0.25, 0.3) is 0 Å². The molecule has 0 bridgehead atoms. The van der Waals surface area contributed by atoms with Gasteiger partial charge in [0.15, 0.2) is 0 Å². The van der Waals surface area contributed by atoms with Crippen LogP contribution in [0.15, 0.2) is 0 Å². The van der Waals surface area contributed by atoms with Crippen molar-refractivity contribution in [2.45, 2.75) is 26.7 Å². The Bertz CT molecular complexity index is 598. The molecule has 140 valence electrons. The van der Waals surface area contributed by atoms with Crippen molar-refractivity contribution in [2.75, 3.05) is 56.2 Å². The van der Waals surface area contributed by atoms with Crippen molar-refractivity contribution in [2.24, 2.45) is 11.8 Å². The minimum atomic E-state index is -0.478. The van der Waals surface area contributed by atoms with Crippen LogP contribution in [-0.2, 0) is 0 Å². The summed E-state index contributed by atoms with van der Waals surface area (Å²) in [6.07, 6.45) is 2.07. The Morgan fingerprint density at radius 1 is 1.32 bits per heavy atom. The van der Waals surface area contributed by atoms with Crippen molar-refractivity contribution < 1.29 is 9.82 Å². The lowest BCUT2D eigenvalue weighted by molar-refractivity contribution is -0.858. The molecule has 1 aliphatic rings. The molecule has 2 heterocycles. The van der Waals surface area contributed by atoms with E-state index in [1.807, 2.05) is 4.90 Å². The maximum Gasteiger partial charge on any atom is 0.353 e. The van der Waals surface area contributed by atoms with E-state index in [9.17, 15) is 10.1 Å². The van der Waals surface area contributed by atoms with E-state index in [2.05, 4.69) is 43.2 Å². The Morgan fingerprint density at radius 3 is 2.52 bits per heavy atom. The van der Waals surface area contributed by atoms with Crippen LogP contribution in [0.3, 0.4) is 0 Å². The number of nitrogens with one attached hydrogen (secondary N) is 2. The van der Waals surface area contributed by atoms with Gasteiger partial charge in [-0.15, -0.1) is 0 Å². The number of nitrogens with zero attached hydrogens (tertiary/aromatic N) is 4. The lowest BCUT2D eigenvalue weighted by atomic mass is 9.92. The summed E-state index contributed by atoms with van der Waals surface area (Å²) in [5.41, 5.74) is 5.70. The summed E-state index contributed by atoms with van der Waals surface area (Å²) < 4.78 is 0. The molecular formula is C16H30N7O2+. The van der Waals surface area contributed by atoms with E-state index in [0.29, 0.717) is 30.1 Å². The first-order valence-corrected chi connectivity index (χ1v) is 8.87. The van der Waals surface area contributed by atoms with E-state index in [-0.39, 0.29) is 11.5 Å². The molecule has 0 radical (unpaired) electrons. The van der Waals surface area contributed by atoms with Crippen molar-refractivity contribution in [1.82, 2.24) is 9.97 Å². The highest BCUT2D eigenvalue weighted by Crippen LogP contribution is 2.35. The van der Waals surface area contributed by atoms with Gasteiger partial charge in [-0.2, -0.15) is 9.97 Å². The van der Waals surface area contributed by atoms with Crippen LogP contribution in [0.2, 0.25) is 0 Å². The molecule has 0 spiro atoms. The molecule has 4 N–H and O–H groups in total. The molecule has 25 heavy (non-hydrogen) atoms. The molecule has 0 aromatic carbocycles. The van der Waals surface area contributed by atoms with Crippen molar-refractivity contribution in [3.05, 3.63) is 10.1 Å². The molecule has 1 saturated heterocycles. The highest BCUT2D eigenvalue weighted by Gasteiger charge is 2.31. The fourth-order valence-corrected chi connectivity index (χ4v) is 3.41. The highest BCUT2D eigenvalue weighted by atomic mass is 16.6. The van der Waals surface area contributed by atoms with Crippen LogP contribution < -0.4 is 20.9 Å². The second kappa shape index (κ2) is 8.28. The fraction of sp³-hybridized carbons (Fsp3) is 0.750. The summed E-state index contributed by atoms with van der Waals surface area (Å²) >= 11 is 0. The first-order chi connectivity index (χ1) is 11.8. The number of aromatic nitrogens is 2. The number of nitrogens with two attached hydrogens (primary N) is 1. The van der Waals surface area contributed by atoms with Crippen LogP contribution in [0.1, 0.15) is 26.7 Å². The van der Waals surface area contributed by atoms with Gasteiger partial charge in [0.2, 0.25) is 17.6 Å². The van der Waals surface area contributed by atoms with Gasteiger partial charge < -0.3 is 20.9 Å². The number of hydrogen-bond donors (Lipinski definition) is 3. The molecule has 0 amide bonds. The first-order valence-electron chi connectivity index (χ1n) is 8.87. The quantitative estimate of drug-likeness (QED) is 0.369.